The van der Waals surface area contributed by atoms with Gasteiger partial charge in [0, 0.05) is 23.6 Å². The molecule has 0 atom stereocenters. The molecule has 19 heavy (non-hydrogen) atoms. The molecule has 0 aliphatic carbocycles. The van der Waals surface area contributed by atoms with E-state index in [-0.39, 0.29) is 0 Å². The summed E-state index contributed by atoms with van der Waals surface area (Å²) < 4.78 is 0. The normalized spacial score (nSPS) is 16.8. The molecule has 1 aliphatic rings. The van der Waals surface area contributed by atoms with Crippen molar-refractivity contribution in [2.75, 3.05) is 19.6 Å². The van der Waals surface area contributed by atoms with Crippen LogP contribution in [-0.4, -0.2) is 29.5 Å². The number of benzene rings is 1. The minimum Gasteiger partial charge on any atom is -0.361 e. The van der Waals surface area contributed by atoms with Crippen LogP contribution in [0.2, 0.25) is 0 Å². The highest BCUT2D eigenvalue weighted by atomic mass is 15.1. The summed E-state index contributed by atoms with van der Waals surface area (Å²) >= 11 is 0. The molecule has 0 radical (unpaired) electrons. The molecule has 102 valence electrons. The number of likely N-dealkylation sites (tertiary alicyclic amines) is 1. The molecule has 0 spiro atoms. The number of H-pyrrole nitrogens is 1. The smallest absolute Gasteiger partial charge is 0.0456 e. The average Bonchev–Trinajstić information content (AvgIpc) is 3.05. The Labute approximate surface area is 115 Å². The molecular weight excluding hydrogens is 232 g/mol. The first-order chi connectivity index (χ1) is 9.24. The summed E-state index contributed by atoms with van der Waals surface area (Å²) in [5, 5.41) is 1.42. The molecule has 2 heteroatoms. The Morgan fingerprint density at radius 3 is 2.74 bits per heavy atom. The van der Waals surface area contributed by atoms with Gasteiger partial charge in [0.05, 0.1) is 0 Å². The van der Waals surface area contributed by atoms with Crippen LogP contribution in [-0.2, 0) is 6.42 Å². The average molecular weight is 256 g/mol. The SMILES string of the molecule is CC(C)c1ccc2[nH]cc(CCN3CCCC3)c2c1. The van der Waals surface area contributed by atoms with Crippen molar-refractivity contribution in [1.29, 1.82) is 0 Å². The van der Waals surface area contributed by atoms with Crippen molar-refractivity contribution in [2.24, 2.45) is 0 Å². The van der Waals surface area contributed by atoms with Gasteiger partial charge in [0.2, 0.25) is 0 Å². The number of aromatic nitrogens is 1. The molecule has 1 aliphatic heterocycles. The summed E-state index contributed by atoms with van der Waals surface area (Å²) in [7, 11) is 0. The van der Waals surface area contributed by atoms with E-state index >= 15 is 0 Å². The lowest BCUT2D eigenvalue weighted by molar-refractivity contribution is 0.344. The summed E-state index contributed by atoms with van der Waals surface area (Å²) in [6, 6.07) is 6.84. The Hall–Kier alpha value is -1.28. The van der Waals surface area contributed by atoms with Crippen LogP contribution in [0.1, 0.15) is 43.7 Å². The van der Waals surface area contributed by atoms with Crippen molar-refractivity contribution in [1.82, 2.24) is 9.88 Å². The maximum absolute atomic E-state index is 3.41. The maximum Gasteiger partial charge on any atom is 0.0456 e. The molecule has 2 aromatic rings. The van der Waals surface area contributed by atoms with Crippen molar-refractivity contribution in [3.8, 4) is 0 Å². The molecule has 0 unspecified atom stereocenters. The lowest BCUT2D eigenvalue weighted by Crippen LogP contribution is -2.21. The highest BCUT2D eigenvalue weighted by Crippen LogP contribution is 2.24. The third-order valence-electron chi connectivity index (χ3n) is 4.35. The zero-order chi connectivity index (χ0) is 13.2. The molecule has 1 fully saturated rings. The zero-order valence-corrected chi connectivity index (χ0v) is 12.1. The van der Waals surface area contributed by atoms with Crippen LogP contribution in [0.15, 0.2) is 24.4 Å². The minimum atomic E-state index is 0.603. The predicted molar refractivity (Wildman–Crippen MR) is 81.8 cm³/mol. The van der Waals surface area contributed by atoms with Gasteiger partial charge in [0.15, 0.2) is 0 Å². The maximum atomic E-state index is 3.41. The first kappa shape index (κ1) is 12.7. The molecular formula is C17H24N2. The standard InChI is InChI=1S/C17H24N2/c1-13(2)14-5-6-17-16(11-14)15(12-18-17)7-10-19-8-3-4-9-19/h5-6,11-13,18H,3-4,7-10H2,1-2H3. The molecule has 1 saturated heterocycles. The van der Waals surface area contributed by atoms with E-state index in [0.717, 1.165) is 0 Å². The Kier molecular flexibility index (Phi) is 3.61. The topological polar surface area (TPSA) is 19.0 Å². The van der Waals surface area contributed by atoms with Crippen LogP contribution in [0.5, 0.6) is 0 Å². The largest absolute Gasteiger partial charge is 0.361 e. The molecule has 1 aromatic carbocycles. The van der Waals surface area contributed by atoms with Gasteiger partial charge in [-0.2, -0.15) is 0 Å². The molecule has 2 nitrogen and oxygen atoms in total. The Morgan fingerprint density at radius 2 is 2.00 bits per heavy atom. The van der Waals surface area contributed by atoms with E-state index in [9.17, 15) is 0 Å². The van der Waals surface area contributed by atoms with E-state index < -0.39 is 0 Å². The van der Waals surface area contributed by atoms with Gasteiger partial charge >= 0.3 is 0 Å². The number of hydrogen-bond donors (Lipinski definition) is 1. The third-order valence-corrected chi connectivity index (χ3v) is 4.35. The van der Waals surface area contributed by atoms with E-state index in [2.05, 4.69) is 48.1 Å². The van der Waals surface area contributed by atoms with Gasteiger partial charge in [-0.05, 0) is 61.5 Å². The highest BCUT2D eigenvalue weighted by Gasteiger charge is 2.12. The van der Waals surface area contributed by atoms with Gasteiger partial charge in [-0.15, -0.1) is 0 Å². The second-order valence-electron chi connectivity index (χ2n) is 6.07. The van der Waals surface area contributed by atoms with Crippen LogP contribution in [0.3, 0.4) is 0 Å². The molecule has 0 amide bonds. The summed E-state index contributed by atoms with van der Waals surface area (Å²) in [6.07, 6.45) is 6.13. The van der Waals surface area contributed by atoms with Crippen molar-refractivity contribution in [2.45, 2.75) is 39.0 Å². The number of fused-ring (bicyclic) bond motifs is 1. The quantitative estimate of drug-likeness (QED) is 0.878. The number of hydrogen-bond acceptors (Lipinski definition) is 1. The first-order valence-corrected chi connectivity index (χ1v) is 7.56. The van der Waals surface area contributed by atoms with Crippen LogP contribution < -0.4 is 0 Å². The Bertz CT molecular complexity index is 547. The monoisotopic (exact) mass is 256 g/mol. The van der Waals surface area contributed by atoms with Crippen molar-refractivity contribution >= 4 is 10.9 Å². The lowest BCUT2D eigenvalue weighted by atomic mass is 10.00. The molecule has 1 N–H and O–H groups in total. The van der Waals surface area contributed by atoms with Crippen LogP contribution >= 0.6 is 0 Å². The summed E-state index contributed by atoms with van der Waals surface area (Å²) in [5.41, 5.74) is 4.19. The van der Waals surface area contributed by atoms with E-state index in [1.54, 1.807) is 0 Å². The Morgan fingerprint density at radius 1 is 1.21 bits per heavy atom. The van der Waals surface area contributed by atoms with Gasteiger partial charge in [-0.25, -0.2) is 0 Å². The van der Waals surface area contributed by atoms with Crippen molar-refractivity contribution in [3.63, 3.8) is 0 Å². The summed E-state index contributed by atoms with van der Waals surface area (Å²) in [6.45, 7) is 8.31. The number of nitrogens with zero attached hydrogens (tertiary/aromatic N) is 1. The van der Waals surface area contributed by atoms with E-state index in [0.29, 0.717) is 5.92 Å². The molecule has 0 saturated carbocycles. The van der Waals surface area contributed by atoms with Gasteiger partial charge in [-0.1, -0.05) is 19.9 Å². The van der Waals surface area contributed by atoms with Crippen molar-refractivity contribution < 1.29 is 0 Å². The predicted octanol–water partition coefficient (Wildman–Crippen LogP) is 3.93. The van der Waals surface area contributed by atoms with E-state index in [1.165, 1.54) is 60.9 Å². The number of nitrogens with one attached hydrogen (secondary N) is 1. The molecule has 1 aromatic heterocycles. The first-order valence-electron chi connectivity index (χ1n) is 7.56. The van der Waals surface area contributed by atoms with Crippen LogP contribution in [0, 0.1) is 0 Å². The highest BCUT2D eigenvalue weighted by molar-refractivity contribution is 5.84. The van der Waals surface area contributed by atoms with E-state index in [4.69, 9.17) is 0 Å². The number of rotatable bonds is 4. The molecule has 2 heterocycles. The summed E-state index contributed by atoms with van der Waals surface area (Å²) in [4.78, 5) is 6.00. The van der Waals surface area contributed by atoms with Crippen molar-refractivity contribution in [3.05, 3.63) is 35.5 Å². The van der Waals surface area contributed by atoms with Gasteiger partial charge in [-0.3, -0.25) is 0 Å². The summed E-state index contributed by atoms with van der Waals surface area (Å²) in [5.74, 6) is 0.603. The zero-order valence-electron chi connectivity index (χ0n) is 12.1. The van der Waals surface area contributed by atoms with Crippen LogP contribution in [0.4, 0.5) is 0 Å². The minimum absolute atomic E-state index is 0.603. The molecule has 3 rings (SSSR count). The molecule has 0 bridgehead atoms. The fourth-order valence-corrected chi connectivity index (χ4v) is 3.05. The fraction of sp³-hybridized carbons (Fsp3) is 0.529. The second-order valence-corrected chi connectivity index (χ2v) is 6.07. The van der Waals surface area contributed by atoms with E-state index in [1.807, 2.05) is 0 Å². The van der Waals surface area contributed by atoms with Gasteiger partial charge < -0.3 is 9.88 Å². The second kappa shape index (κ2) is 5.38. The lowest BCUT2D eigenvalue weighted by Gasteiger charge is -2.13. The van der Waals surface area contributed by atoms with Gasteiger partial charge in [0.25, 0.3) is 0 Å². The third kappa shape index (κ3) is 2.69. The fourth-order valence-electron chi connectivity index (χ4n) is 3.05. The van der Waals surface area contributed by atoms with Gasteiger partial charge in [0.1, 0.15) is 0 Å². The Balaban J connectivity index is 1.80. The van der Waals surface area contributed by atoms with Crippen LogP contribution in [0.25, 0.3) is 10.9 Å². The number of aromatic amines is 1.